The zero-order valence-electron chi connectivity index (χ0n) is 14.0. The van der Waals surface area contributed by atoms with Crippen molar-refractivity contribution in [1.29, 1.82) is 0 Å². The Kier molecular flexibility index (Phi) is 5.38. The first-order valence-corrected chi connectivity index (χ1v) is 8.32. The van der Waals surface area contributed by atoms with Crippen LogP contribution >= 0.6 is 0 Å². The van der Waals surface area contributed by atoms with E-state index in [4.69, 9.17) is 0 Å². The van der Waals surface area contributed by atoms with Crippen molar-refractivity contribution in [3.05, 3.63) is 53.7 Å². The first kappa shape index (κ1) is 16.4. The fourth-order valence-corrected chi connectivity index (χ4v) is 2.71. The second-order valence-electron chi connectivity index (χ2n) is 6.06. The Balaban J connectivity index is 1.50. The van der Waals surface area contributed by atoms with Crippen molar-refractivity contribution in [2.75, 3.05) is 44.7 Å². The van der Waals surface area contributed by atoms with Gasteiger partial charge in [-0.15, -0.1) is 10.2 Å². The van der Waals surface area contributed by atoms with Crippen molar-refractivity contribution in [1.82, 2.24) is 20.4 Å². The summed E-state index contributed by atoms with van der Waals surface area (Å²) >= 11 is 0. The third-order valence-electron chi connectivity index (χ3n) is 4.25. The van der Waals surface area contributed by atoms with Crippen molar-refractivity contribution in [2.24, 2.45) is 0 Å². The molecule has 1 aromatic heterocycles. The zero-order chi connectivity index (χ0) is 16.8. The normalized spacial score (nSPS) is 15.3. The highest BCUT2D eigenvalue weighted by molar-refractivity contribution is 5.92. The standard InChI is InChI=1S/C18H23N5O/c1-22-11-13-23(14-12-22)17-8-7-16(20-21-17)18(24)19-10-9-15-5-3-2-4-6-15/h2-8H,9-14H2,1H3,(H,19,24). The van der Waals surface area contributed by atoms with Gasteiger partial charge < -0.3 is 15.1 Å². The van der Waals surface area contributed by atoms with Crippen LogP contribution in [0.3, 0.4) is 0 Å². The molecule has 0 spiro atoms. The highest BCUT2D eigenvalue weighted by atomic mass is 16.1. The molecule has 0 aliphatic carbocycles. The summed E-state index contributed by atoms with van der Waals surface area (Å²) in [7, 11) is 2.12. The molecule has 1 amide bonds. The third-order valence-corrected chi connectivity index (χ3v) is 4.25. The van der Waals surface area contributed by atoms with Gasteiger partial charge in [-0.25, -0.2) is 0 Å². The topological polar surface area (TPSA) is 61.4 Å². The van der Waals surface area contributed by atoms with E-state index in [9.17, 15) is 4.79 Å². The lowest BCUT2D eigenvalue weighted by atomic mass is 10.1. The summed E-state index contributed by atoms with van der Waals surface area (Å²) in [5, 5.41) is 11.2. The second kappa shape index (κ2) is 7.88. The van der Waals surface area contributed by atoms with Crippen molar-refractivity contribution < 1.29 is 4.79 Å². The molecule has 0 unspecified atom stereocenters. The van der Waals surface area contributed by atoms with Crippen LogP contribution in [0.1, 0.15) is 16.1 Å². The lowest BCUT2D eigenvalue weighted by Crippen LogP contribution is -2.44. The Bertz CT molecular complexity index is 651. The average Bonchev–Trinajstić information content (AvgIpc) is 2.63. The summed E-state index contributed by atoms with van der Waals surface area (Å²) in [4.78, 5) is 16.6. The number of benzene rings is 1. The first-order chi connectivity index (χ1) is 11.7. The fraction of sp³-hybridized carbons (Fsp3) is 0.389. The van der Waals surface area contributed by atoms with Crippen LogP contribution in [0.25, 0.3) is 0 Å². The van der Waals surface area contributed by atoms with Crippen LogP contribution in [0.5, 0.6) is 0 Å². The van der Waals surface area contributed by atoms with E-state index in [1.54, 1.807) is 6.07 Å². The Labute approximate surface area is 142 Å². The number of carbonyl (C=O) groups excluding carboxylic acids is 1. The number of hydrogen-bond donors (Lipinski definition) is 1. The van der Waals surface area contributed by atoms with Crippen LogP contribution in [0, 0.1) is 0 Å². The lowest BCUT2D eigenvalue weighted by Gasteiger charge is -2.32. The summed E-state index contributed by atoms with van der Waals surface area (Å²) in [6, 6.07) is 13.7. The van der Waals surface area contributed by atoms with Gasteiger partial charge in [0.05, 0.1) is 0 Å². The number of likely N-dealkylation sites (N-methyl/N-ethyl adjacent to an activating group) is 1. The summed E-state index contributed by atoms with van der Waals surface area (Å²) < 4.78 is 0. The Morgan fingerprint density at radius 1 is 1.04 bits per heavy atom. The van der Waals surface area contributed by atoms with E-state index in [1.165, 1.54) is 5.56 Å². The SMILES string of the molecule is CN1CCN(c2ccc(C(=O)NCCc3ccccc3)nn2)CC1. The molecule has 0 atom stereocenters. The molecule has 3 rings (SSSR count). The van der Waals surface area contributed by atoms with Crippen molar-refractivity contribution in [2.45, 2.75) is 6.42 Å². The molecule has 1 N–H and O–H groups in total. The fourth-order valence-electron chi connectivity index (χ4n) is 2.71. The number of carbonyl (C=O) groups is 1. The monoisotopic (exact) mass is 325 g/mol. The molecule has 1 aromatic carbocycles. The molecule has 1 aliphatic rings. The Hall–Kier alpha value is -2.47. The van der Waals surface area contributed by atoms with Crippen molar-refractivity contribution >= 4 is 11.7 Å². The number of piperazine rings is 1. The van der Waals surface area contributed by atoms with Gasteiger partial charge in [-0.1, -0.05) is 30.3 Å². The van der Waals surface area contributed by atoms with Crippen molar-refractivity contribution in [3.63, 3.8) is 0 Å². The molecule has 0 saturated carbocycles. The molecular weight excluding hydrogens is 302 g/mol. The van der Waals surface area contributed by atoms with E-state index in [0.29, 0.717) is 12.2 Å². The minimum absolute atomic E-state index is 0.177. The van der Waals surface area contributed by atoms with Gasteiger partial charge in [-0.2, -0.15) is 0 Å². The van der Waals surface area contributed by atoms with E-state index in [0.717, 1.165) is 38.4 Å². The summed E-state index contributed by atoms with van der Waals surface area (Å²) in [5.41, 5.74) is 1.57. The predicted octanol–water partition coefficient (Wildman–Crippen LogP) is 1.20. The molecule has 0 bridgehead atoms. The highest BCUT2D eigenvalue weighted by Gasteiger charge is 2.16. The van der Waals surface area contributed by atoms with Crippen molar-refractivity contribution in [3.8, 4) is 0 Å². The van der Waals surface area contributed by atoms with Crippen LogP contribution in [-0.2, 0) is 6.42 Å². The zero-order valence-corrected chi connectivity index (χ0v) is 14.0. The van der Waals surface area contributed by atoms with Crippen LogP contribution in [0.4, 0.5) is 5.82 Å². The summed E-state index contributed by atoms with van der Waals surface area (Å²) in [5.74, 6) is 0.660. The van der Waals surface area contributed by atoms with Gasteiger partial charge in [0.25, 0.3) is 5.91 Å². The quantitative estimate of drug-likeness (QED) is 0.895. The van der Waals surface area contributed by atoms with E-state index < -0.39 is 0 Å². The molecule has 6 heteroatoms. The van der Waals surface area contributed by atoms with Crippen LogP contribution < -0.4 is 10.2 Å². The minimum Gasteiger partial charge on any atom is -0.353 e. The molecule has 1 aliphatic heterocycles. The first-order valence-electron chi connectivity index (χ1n) is 8.32. The molecule has 2 aromatic rings. The number of hydrogen-bond acceptors (Lipinski definition) is 5. The molecule has 1 fully saturated rings. The summed E-state index contributed by atoms with van der Waals surface area (Å²) in [6.45, 7) is 4.50. The maximum Gasteiger partial charge on any atom is 0.271 e. The van der Waals surface area contributed by atoms with Gasteiger partial charge in [0.2, 0.25) is 0 Å². The van der Waals surface area contributed by atoms with Gasteiger partial charge in [0.1, 0.15) is 0 Å². The van der Waals surface area contributed by atoms with Crippen LogP contribution in [0.15, 0.2) is 42.5 Å². The predicted molar refractivity (Wildman–Crippen MR) is 94.2 cm³/mol. The molecule has 24 heavy (non-hydrogen) atoms. The molecule has 6 nitrogen and oxygen atoms in total. The van der Waals surface area contributed by atoms with E-state index in [2.05, 4.69) is 44.5 Å². The molecular formula is C18H23N5O. The number of rotatable bonds is 5. The third kappa shape index (κ3) is 4.29. The molecule has 126 valence electrons. The number of anilines is 1. The minimum atomic E-state index is -0.177. The number of aromatic nitrogens is 2. The van der Waals surface area contributed by atoms with Crippen LogP contribution in [-0.4, -0.2) is 60.8 Å². The number of nitrogens with one attached hydrogen (secondary N) is 1. The molecule has 0 radical (unpaired) electrons. The lowest BCUT2D eigenvalue weighted by molar-refractivity contribution is 0.0948. The maximum absolute atomic E-state index is 12.1. The number of nitrogens with zero attached hydrogens (tertiary/aromatic N) is 4. The van der Waals surface area contributed by atoms with Crippen LogP contribution in [0.2, 0.25) is 0 Å². The van der Waals surface area contributed by atoms with E-state index >= 15 is 0 Å². The van der Waals surface area contributed by atoms with Gasteiger partial charge >= 0.3 is 0 Å². The highest BCUT2D eigenvalue weighted by Crippen LogP contribution is 2.12. The van der Waals surface area contributed by atoms with Gasteiger partial charge in [0, 0.05) is 32.7 Å². The smallest absolute Gasteiger partial charge is 0.271 e. The van der Waals surface area contributed by atoms with E-state index in [1.807, 2.05) is 24.3 Å². The Morgan fingerprint density at radius 3 is 2.46 bits per heavy atom. The average molecular weight is 325 g/mol. The maximum atomic E-state index is 12.1. The molecule has 2 heterocycles. The van der Waals surface area contributed by atoms with Gasteiger partial charge in [-0.3, -0.25) is 4.79 Å². The second-order valence-corrected chi connectivity index (χ2v) is 6.06. The van der Waals surface area contributed by atoms with Gasteiger partial charge in [-0.05, 0) is 31.2 Å². The number of amides is 1. The summed E-state index contributed by atoms with van der Waals surface area (Å²) in [6.07, 6.45) is 0.805. The molecule has 1 saturated heterocycles. The largest absolute Gasteiger partial charge is 0.353 e. The van der Waals surface area contributed by atoms with E-state index in [-0.39, 0.29) is 5.91 Å². The Morgan fingerprint density at radius 2 is 1.79 bits per heavy atom. The van der Waals surface area contributed by atoms with Gasteiger partial charge in [0.15, 0.2) is 11.5 Å².